The number of hydroxylamine groups is 2. The predicted molar refractivity (Wildman–Crippen MR) is 270 cm³/mol. The highest BCUT2D eigenvalue weighted by atomic mass is 32.2. The van der Waals surface area contributed by atoms with Crippen molar-refractivity contribution in [2.75, 3.05) is 36.1 Å². The molecule has 3 heterocycles. The minimum Gasteiger partial charge on any atom is -0.493 e. The second-order valence-corrected chi connectivity index (χ2v) is 23.6. The first-order chi connectivity index (χ1) is 33.4. The van der Waals surface area contributed by atoms with Crippen molar-refractivity contribution in [1.29, 1.82) is 0 Å². The molecule has 4 aromatic carbocycles. The molecule has 7 rings (SSSR count). The molecule has 0 saturated carbocycles. The van der Waals surface area contributed by atoms with Crippen LogP contribution in [0, 0.1) is 0 Å². The van der Waals surface area contributed by atoms with Crippen LogP contribution in [0.2, 0.25) is 0 Å². The molecule has 3 N–H and O–H groups in total. The first kappa shape index (κ1) is 53.0. The Hall–Kier alpha value is -5.77. The van der Waals surface area contributed by atoms with Gasteiger partial charge in [-0.3, -0.25) is 23.2 Å². The third-order valence-corrected chi connectivity index (χ3v) is 15.7. The molecule has 0 radical (unpaired) electrons. The van der Waals surface area contributed by atoms with Crippen LogP contribution in [0.15, 0.2) is 102 Å². The third-order valence-electron chi connectivity index (χ3n) is 13.2. The molecule has 0 spiro atoms. The van der Waals surface area contributed by atoms with Crippen LogP contribution in [0.3, 0.4) is 0 Å². The number of unbranched alkanes of at least 4 members (excludes halogenated alkanes) is 4. The van der Waals surface area contributed by atoms with E-state index < -0.39 is 64.7 Å². The van der Waals surface area contributed by atoms with Crippen LogP contribution in [0.4, 0.5) is 11.4 Å². The molecule has 1 fully saturated rings. The number of fused-ring (bicyclic) bond motifs is 6. The normalized spacial score (nSPS) is 17.5. The fraction of sp³-hybridized carbons (Fsp3) is 0.412. The molecule has 17 nitrogen and oxygen atoms in total. The number of allylic oxidation sites excluding steroid dienone is 6. The summed E-state index contributed by atoms with van der Waals surface area (Å²) in [7, 11) is -13.0. The predicted octanol–water partition coefficient (Wildman–Crippen LogP) is 8.29. The molecule has 20 heteroatoms. The van der Waals surface area contributed by atoms with Gasteiger partial charge < -0.3 is 14.5 Å². The topological polar surface area (TPSA) is 242 Å². The van der Waals surface area contributed by atoms with Gasteiger partial charge in [0.25, 0.3) is 42.2 Å². The van der Waals surface area contributed by atoms with Crippen molar-refractivity contribution in [2.45, 2.75) is 108 Å². The molecule has 1 saturated heterocycles. The maximum Gasteiger partial charge on any atom is 0.333 e. The van der Waals surface area contributed by atoms with Gasteiger partial charge in [0.2, 0.25) is 5.69 Å². The molecule has 0 aliphatic carbocycles. The Morgan fingerprint density at radius 3 is 2.10 bits per heavy atom. The van der Waals surface area contributed by atoms with E-state index >= 15 is 0 Å². The maximum atomic E-state index is 12.6. The standard InChI is InChI=1S/C51H59N3O14S3/c1-50(2)42(52(28-12-15-31-69(58,59)60)39-24-22-35-17-10-11-18-38(35)48(39)50)19-7-5-8-20-43-51(3,4)49-40(53(43)29-13-16-32-70(61,62)63)25-23-36-33-37(71(64,65)66)34-41(47(36)49)67-30-14-6-9-21-46(57)68-54-44(55)26-27-45(54)56/h5,7-8,10-11,17-20,22-25,33-34H,6,9,12-16,21,26-32H2,1-4H3,(H2-,58,59,60,61,62,63,64,65,66)/p+1. The van der Waals surface area contributed by atoms with Crippen molar-refractivity contribution in [3.05, 3.63) is 108 Å². The monoisotopic (exact) mass is 1030 g/mol. The number of hydrogen-bond donors (Lipinski definition) is 3. The summed E-state index contributed by atoms with van der Waals surface area (Å²) in [6.45, 7) is 9.33. The zero-order chi connectivity index (χ0) is 51.5. The number of anilines is 1. The first-order valence-corrected chi connectivity index (χ1v) is 28.2. The number of hydrogen-bond acceptors (Lipinski definition) is 12. The highest BCUT2D eigenvalue weighted by Crippen LogP contribution is 2.53. The van der Waals surface area contributed by atoms with Crippen molar-refractivity contribution in [3.8, 4) is 5.75 Å². The second kappa shape index (κ2) is 21.1. The van der Waals surface area contributed by atoms with Crippen LogP contribution in [0.1, 0.15) is 103 Å². The summed E-state index contributed by atoms with van der Waals surface area (Å²) < 4.78 is 109. The summed E-state index contributed by atoms with van der Waals surface area (Å²) in [6.07, 6.45) is 12.3. The molecule has 0 atom stereocenters. The molecule has 3 aliphatic rings. The van der Waals surface area contributed by atoms with Crippen molar-refractivity contribution in [1.82, 2.24) is 5.06 Å². The van der Waals surface area contributed by atoms with Gasteiger partial charge in [-0.25, -0.2) is 4.79 Å². The van der Waals surface area contributed by atoms with E-state index in [2.05, 4.69) is 47.6 Å². The van der Waals surface area contributed by atoms with Crippen molar-refractivity contribution in [3.63, 3.8) is 0 Å². The SMILES string of the molecule is CC1(C)C(/C=C/C=C/C=C2/N(CCCCS(=O)(=O)O)c3ccc4cc(S(=O)(=O)O)cc(OCCCCCC(=O)ON5C(=O)CCC5=O)c4c3C2(C)C)=[N+](CCCCS(=O)(=O)O)c2ccc3ccccc3c21. The molecular weight excluding hydrogens is 975 g/mol. The number of ether oxygens (including phenoxy) is 1. The van der Waals surface area contributed by atoms with E-state index in [0.29, 0.717) is 61.0 Å². The molecule has 3 aliphatic heterocycles. The van der Waals surface area contributed by atoms with Crippen molar-refractivity contribution in [2.24, 2.45) is 0 Å². The van der Waals surface area contributed by atoms with Gasteiger partial charge in [0.15, 0.2) is 5.71 Å². The molecule has 380 valence electrons. The zero-order valence-electron chi connectivity index (χ0n) is 40.2. The lowest BCUT2D eigenvalue weighted by molar-refractivity contribution is -0.438. The van der Waals surface area contributed by atoms with Crippen LogP contribution in [-0.2, 0) is 60.4 Å². The lowest BCUT2D eigenvalue weighted by Gasteiger charge is -2.27. The Bertz CT molecular complexity index is 3230. The lowest BCUT2D eigenvalue weighted by atomic mass is 9.79. The minimum absolute atomic E-state index is 0.0131. The number of nitrogens with zero attached hydrogens (tertiary/aromatic N) is 3. The van der Waals surface area contributed by atoms with Gasteiger partial charge in [0.05, 0.1) is 28.4 Å². The Morgan fingerprint density at radius 2 is 1.41 bits per heavy atom. The van der Waals surface area contributed by atoms with Crippen LogP contribution >= 0.6 is 0 Å². The quantitative estimate of drug-likeness (QED) is 0.0220. The summed E-state index contributed by atoms with van der Waals surface area (Å²) in [4.78, 5) is 42.7. The summed E-state index contributed by atoms with van der Waals surface area (Å²) in [5, 5.41) is 3.80. The Labute approximate surface area is 414 Å². The van der Waals surface area contributed by atoms with Crippen molar-refractivity contribution >= 4 is 86.8 Å². The van der Waals surface area contributed by atoms with Crippen molar-refractivity contribution < 1.29 is 67.4 Å². The summed E-state index contributed by atoms with van der Waals surface area (Å²) in [5.74, 6) is -2.40. The molecule has 4 aromatic rings. The zero-order valence-corrected chi connectivity index (χ0v) is 42.6. The van der Waals surface area contributed by atoms with Gasteiger partial charge in [-0.1, -0.05) is 62.4 Å². The Morgan fingerprint density at radius 1 is 0.732 bits per heavy atom. The fourth-order valence-electron chi connectivity index (χ4n) is 9.92. The Balaban J connectivity index is 1.18. The number of carbonyl (C=O) groups is 3. The molecule has 71 heavy (non-hydrogen) atoms. The molecular formula is C51H60N3O14S3+. The number of imide groups is 1. The average Bonchev–Trinajstić information content (AvgIpc) is 3.81. The lowest BCUT2D eigenvalue weighted by Crippen LogP contribution is -2.31. The van der Waals surface area contributed by atoms with Gasteiger partial charge in [0.1, 0.15) is 12.3 Å². The Kier molecular flexibility index (Phi) is 15.8. The molecule has 0 bridgehead atoms. The fourth-order valence-corrected chi connectivity index (χ4v) is 11.6. The second-order valence-electron chi connectivity index (χ2n) is 19.1. The van der Waals surface area contributed by atoms with E-state index in [1.54, 1.807) is 6.07 Å². The number of rotatable bonds is 22. The summed E-state index contributed by atoms with van der Waals surface area (Å²) in [6, 6.07) is 18.6. The van der Waals surface area contributed by atoms with Gasteiger partial charge >= 0.3 is 5.97 Å². The van der Waals surface area contributed by atoms with E-state index in [4.69, 9.17) is 9.57 Å². The van der Waals surface area contributed by atoms with Gasteiger partial charge in [-0.05, 0) is 98.4 Å². The smallest absolute Gasteiger partial charge is 0.333 e. The molecule has 2 amide bonds. The summed E-state index contributed by atoms with van der Waals surface area (Å²) >= 11 is 0. The highest BCUT2D eigenvalue weighted by molar-refractivity contribution is 7.86. The summed E-state index contributed by atoms with van der Waals surface area (Å²) in [5.41, 5.74) is 4.35. The maximum absolute atomic E-state index is 12.6. The van der Waals surface area contributed by atoms with E-state index in [1.165, 1.54) is 12.1 Å². The minimum atomic E-state index is -4.67. The number of amides is 2. The van der Waals surface area contributed by atoms with E-state index in [0.717, 1.165) is 44.7 Å². The first-order valence-electron chi connectivity index (χ1n) is 23.6. The van der Waals surface area contributed by atoms with E-state index in [-0.39, 0.29) is 55.1 Å². The number of benzene rings is 4. The average molecular weight is 1040 g/mol. The highest BCUT2D eigenvalue weighted by Gasteiger charge is 2.46. The van der Waals surface area contributed by atoms with Gasteiger partial charge in [0, 0.05) is 78.2 Å². The number of carbonyl (C=O) groups excluding carboxylic acids is 3. The largest absolute Gasteiger partial charge is 0.493 e. The van der Waals surface area contributed by atoms with Crippen LogP contribution in [-0.4, -0.2) is 103 Å². The molecule has 0 aromatic heterocycles. The van der Waals surface area contributed by atoms with Crippen LogP contribution in [0.25, 0.3) is 21.5 Å². The van der Waals surface area contributed by atoms with Crippen LogP contribution in [0.5, 0.6) is 5.75 Å². The van der Waals surface area contributed by atoms with E-state index in [1.807, 2.05) is 62.4 Å². The van der Waals surface area contributed by atoms with Gasteiger partial charge in [-0.15, -0.1) is 5.06 Å². The third kappa shape index (κ3) is 12.1. The van der Waals surface area contributed by atoms with E-state index in [9.17, 15) is 53.3 Å². The van der Waals surface area contributed by atoms with Gasteiger partial charge in [-0.2, -0.15) is 29.8 Å². The van der Waals surface area contributed by atoms with Crippen LogP contribution < -0.4 is 9.64 Å². The molecule has 0 unspecified atom stereocenters.